The van der Waals surface area contributed by atoms with E-state index < -0.39 is 0 Å². The molecule has 0 saturated heterocycles. The van der Waals surface area contributed by atoms with Crippen molar-refractivity contribution in [2.24, 2.45) is 0 Å². The maximum Gasteiger partial charge on any atom is 0.305 e. The Bertz CT molecular complexity index is 185. The summed E-state index contributed by atoms with van der Waals surface area (Å²) in [5.74, 6) is -0.0860. The van der Waals surface area contributed by atoms with Gasteiger partial charge in [0.1, 0.15) is 6.61 Å². The van der Waals surface area contributed by atoms with Crippen LogP contribution in [0.3, 0.4) is 0 Å². The Labute approximate surface area is 113 Å². The van der Waals surface area contributed by atoms with Gasteiger partial charge in [0.15, 0.2) is 0 Å². The monoisotopic (exact) mass is 257 g/mol. The average Bonchev–Trinajstić information content (AvgIpc) is 2.38. The van der Waals surface area contributed by atoms with Crippen molar-refractivity contribution in [1.29, 1.82) is 0 Å². The maximum atomic E-state index is 11.1. The predicted octanol–water partition coefficient (Wildman–Crippen LogP) is 3.62. The van der Waals surface area contributed by atoms with E-state index in [0.29, 0.717) is 13.0 Å². The molecule has 0 saturated carbocycles. The molecule has 0 N–H and O–H groups in total. The van der Waals surface area contributed by atoms with Crippen LogP contribution in [0.4, 0.5) is 0 Å². The van der Waals surface area contributed by atoms with E-state index in [-0.39, 0.29) is 5.97 Å². The lowest BCUT2D eigenvalue weighted by Gasteiger charge is -2.22. The zero-order valence-electron chi connectivity index (χ0n) is 12.5. The summed E-state index contributed by atoms with van der Waals surface area (Å²) in [6.45, 7) is 10.0. The van der Waals surface area contributed by atoms with Crippen molar-refractivity contribution in [3.8, 4) is 0 Å². The summed E-state index contributed by atoms with van der Waals surface area (Å²) < 4.78 is 5.15. The first-order chi connectivity index (χ1) is 8.74. The Hall–Kier alpha value is -0.570. The van der Waals surface area contributed by atoms with E-state index >= 15 is 0 Å². The van der Waals surface area contributed by atoms with Crippen molar-refractivity contribution in [3.63, 3.8) is 0 Å². The first-order valence-electron chi connectivity index (χ1n) is 7.62. The predicted molar refractivity (Wildman–Crippen MR) is 76.7 cm³/mol. The van der Waals surface area contributed by atoms with Gasteiger partial charge >= 0.3 is 5.97 Å². The van der Waals surface area contributed by atoms with Crippen LogP contribution in [-0.4, -0.2) is 37.1 Å². The quantitative estimate of drug-likeness (QED) is 0.395. The zero-order chi connectivity index (χ0) is 13.6. The fraction of sp³-hybridized carbons (Fsp3) is 0.933. The number of unbranched alkanes of at least 4 members (excludes halogenated alkanes) is 4. The first-order valence-corrected chi connectivity index (χ1v) is 7.62. The molecule has 0 aliphatic heterocycles. The Morgan fingerprint density at radius 2 is 1.44 bits per heavy atom. The highest BCUT2D eigenvalue weighted by Gasteiger charge is 2.05. The van der Waals surface area contributed by atoms with Crippen molar-refractivity contribution in [3.05, 3.63) is 0 Å². The second-order valence-electron chi connectivity index (χ2n) is 4.83. The topological polar surface area (TPSA) is 29.5 Å². The lowest BCUT2D eigenvalue weighted by Crippen LogP contribution is -2.30. The van der Waals surface area contributed by atoms with E-state index in [2.05, 4.69) is 18.7 Å². The molecule has 0 aliphatic carbocycles. The van der Waals surface area contributed by atoms with Crippen LogP contribution in [-0.2, 0) is 9.53 Å². The molecule has 0 aromatic rings. The van der Waals surface area contributed by atoms with Gasteiger partial charge in [-0.05, 0) is 25.9 Å². The zero-order valence-corrected chi connectivity index (χ0v) is 12.5. The van der Waals surface area contributed by atoms with Crippen LogP contribution in [0.25, 0.3) is 0 Å². The maximum absolute atomic E-state index is 11.1. The van der Waals surface area contributed by atoms with E-state index in [1.54, 1.807) is 0 Å². The summed E-state index contributed by atoms with van der Waals surface area (Å²) in [5, 5.41) is 0. The molecule has 0 radical (unpaired) electrons. The standard InChI is InChI=1S/C15H31NO2/c1-4-7-9-11-16(12-10-8-5-2)13-14-18-15(17)6-3/h4-14H2,1-3H3. The third-order valence-corrected chi connectivity index (χ3v) is 3.12. The second-order valence-corrected chi connectivity index (χ2v) is 4.83. The largest absolute Gasteiger partial charge is 0.464 e. The van der Waals surface area contributed by atoms with Crippen LogP contribution in [0.15, 0.2) is 0 Å². The van der Waals surface area contributed by atoms with Crippen LogP contribution in [0.2, 0.25) is 0 Å². The molecule has 0 aromatic heterocycles. The molecule has 0 bridgehead atoms. The summed E-state index contributed by atoms with van der Waals surface area (Å²) in [6, 6.07) is 0. The molecule has 0 rings (SSSR count). The Morgan fingerprint density at radius 1 is 0.889 bits per heavy atom. The van der Waals surface area contributed by atoms with Crippen LogP contribution in [0, 0.1) is 0 Å². The van der Waals surface area contributed by atoms with Gasteiger partial charge in [0.2, 0.25) is 0 Å². The molecule has 108 valence electrons. The molecule has 3 heteroatoms. The normalized spacial score (nSPS) is 10.9. The van der Waals surface area contributed by atoms with Gasteiger partial charge in [-0.1, -0.05) is 46.5 Å². The highest BCUT2D eigenvalue weighted by molar-refractivity contribution is 5.68. The van der Waals surface area contributed by atoms with Crippen LogP contribution in [0.5, 0.6) is 0 Å². The number of esters is 1. The Morgan fingerprint density at radius 3 is 1.89 bits per heavy atom. The summed E-state index contributed by atoms with van der Waals surface area (Å²) in [4.78, 5) is 13.5. The van der Waals surface area contributed by atoms with Crippen molar-refractivity contribution >= 4 is 5.97 Å². The van der Waals surface area contributed by atoms with Gasteiger partial charge in [0, 0.05) is 13.0 Å². The number of hydrogen-bond donors (Lipinski definition) is 0. The molecule has 3 nitrogen and oxygen atoms in total. The number of nitrogens with zero attached hydrogens (tertiary/aromatic N) is 1. The molecule has 0 heterocycles. The Balaban J connectivity index is 3.76. The lowest BCUT2D eigenvalue weighted by molar-refractivity contribution is -0.143. The molecule has 0 amide bonds. The van der Waals surface area contributed by atoms with Gasteiger partial charge in [0.25, 0.3) is 0 Å². The van der Waals surface area contributed by atoms with Gasteiger partial charge in [-0.3, -0.25) is 9.69 Å². The number of hydrogen-bond acceptors (Lipinski definition) is 3. The molecule has 0 unspecified atom stereocenters. The van der Waals surface area contributed by atoms with Gasteiger partial charge in [-0.25, -0.2) is 0 Å². The number of rotatable bonds is 12. The highest BCUT2D eigenvalue weighted by Crippen LogP contribution is 2.02. The molecular formula is C15H31NO2. The van der Waals surface area contributed by atoms with Crippen molar-refractivity contribution in [1.82, 2.24) is 4.90 Å². The third-order valence-electron chi connectivity index (χ3n) is 3.12. The first kappa shape index (κ1) is 17.4. The van der Waals surface area contributed by atoms with Crippen LogP contribution in [0.1, 0.15) is 65.7 Å². The number of carbonyl (C=O) groups excluding carboxylic acids is 1. The van der Waals surface area contributed by atoms with Gasteiger partial charge < -0.3 is 4.74 Å². The third kappa shape index (κ3) is 10.6. The van der Waals surface area contributed by atoms with E-state index in [1.165, 1.54) is 38.5 Å². The van der Waals surface area contributed by atoms with E-state index in [4.69, 9.17) is 4.74 Å². The minimum Gasteiger partial charge on any atom is -0.464 e. The molecular weight excluding hydrogens is 226 g/mol. The molecule has 0 atom stereocenters. The minimum atomic E-state index is -0.0860. The fourth-order valence-electron chi connectivity index (χ4n) is 1.90. The minimum absolute atomic E-state index is 0.0860. The fourth-order valence-corrected chi connectivity index (χ4v) is 1.90. The summed E-state index contributed by atoms with van der Waals surface area (Å²) in [6.07, 6.45) is 8.08. The van der Waals surface area contributed by atoms with Gasteiger partial charge in [0.05, 0.1) is 0 Å². The summed E-state index contributed by atoms with van der Waals surface area (Å²) in [5.41, 5.74) is 0. The molecule has 0 aliphatic rings. The number of ether oxygens (including phenoxy) is 1. The average molecular weight is 257 g/mol. The number of carbonyl (C=O) groups is 1. The van der Waals surface area contributed by atoms with Gasteiger partial charge in [-0.15, -0.1) is 0 Å². The lowest BCUT2D eigenvalue weighted by atomic mass is 10.2. The van der Waals surface area contributed by atoms with Gasteiger partial charge in [-0.2, -0.15) is 0 Å². The van der Waals surface area contributed by atoms with E-state index in [0.717, 1.165) is 19.6 Å². The Kier molecular flexibility index (Phi) is 12.5. The van der Waals surface area contributed by atoms with Crippen molar-refractivity contribution < 1.29 is 9.53 Å². The smallest absolute Gasteiger partial charge is 0.305 e. The van der Waals surface area contributed by atoms with Crippen LogP contribution >= 0.6 is 0 Å². The summed E-state index contributed by atoms with van der Waals surface area (Å²) in [7, 11) is 0. The summed E-state index contributed by atoms with van der Waals surface area (Å²) >= 11 is 0. The van der Waals surface area contributed by atoms with E-state index in [1.807, 2.05) is 6.92 Å². The molecule has 0 spiro atoms. The van der Waals surface area contributed by atoms with Crippen molar-refractivity contribution in [2.75, 3.05) is 26.2 Å². The van der Waals surface area contributed by atoms with Crippen LogP contribution < -0.4 is 0 Å². The molecule has 0 fully saturated rings. The SMILES string of the molecule is CCCCCN(CCCCC)CCOC(=O)CC. The highest BCUT2D eigenvalue weighted by atomic mass is 16.5. The molecule has 18 heavy (non-hydrogen) atoms. The molecule has 0 aromatic carbocycles. The second kappa shape index (κ2) is 12.9. The van der Waals surface area contributed by atoms with E-state index in [9.17, 15) is 4.79 Å². The van der Waals surface area contributed by atoms with Crippen molar-refractivity contribution in [2.45, 2.75) is 65.7 Å².